The second-order valence-corrected chi connectivity index (χ2v) is 6.55. The van der Waals surface area contributed by atoms with Crippen LogP contribution in [-0.2, 0) is 6.42 Å². The second kappa shape index (κ2) is 9.50. The van der Waals surface area contributed by atoms with Crippen LogP contribution in [0.4, 0.5) is 11.5 Å². The lowest BCUT2D eigenvalue weighted by Crippen LogP contribution is -2.13. The average molecular weight is 389 g/mol. The molecule has 2 aromatic carbocycles. The number of rotatable bonds is 8. The fraction of sp³-hybridized carbons (Fsp3) is 0.174. The number of carbonyl (C=O) groups is 2. The van der Waals surface area contributed by atoms with Crippen molar-refractivity contribution in [3.05, 3.63) is 83.6 Å². The zero-order chi connectivity index (χ0) is 20.6. The summed E-state index contributed by atoms with van der Waals surface area (Å²) in [6.45, 7) is 2.17. The van der Waals surface area contributed by atoms with Gasteiger partial charge in [0.15, 0.2) is 5.78 Å². The minimum atomic E-state index is -0.260. The van der Waals surface area contributed by atoms with Crippen LogP contribution in [0.1, 0.15) is 33.2 Å². The summed E-state index contributed by atoms with van der Waals surface area (Å²) in [6, 6.07) is 18.1. The summed E-state index contributed by atoms with van der Waals surface area (Å²) in [5.74, 6) is 1.14. The summed E-state index contributed by atoms with van der Waals surface area (Å²) in [4.78, 5) is 28.3. The highest BCUT2D eigenvalue weighted by atomic mass is 16.5. The van der Waals surface area contributed by atoms with Crippen molar-refractivity contribution in [2.24, 2.45) is 0 Å². The van der Waals surface area contributed by atoms with Gasteiger partial charge in [0.1, 0.15) is 11.6 Å². The van der Waals surface area contributed by atoms with Gasteiger partial charge in [-0.15, -0.1) is 0 Å². The standard InChI is InChI=1S/C23H23N3O3/c1-16(27)18-6-4-7-20(14-18)26-23(28)19-10-12-25-22(15-19)24-11-9-17-5-3-8-21(13-17)29-2/h3-8,10,12-15H,9,11H2,1-2H3,(H,24,25)(H,26,28). The predicted molar refractivity (Wildman–Crippen MR) is 114 cm³/mol. The summed E-state index contributed by atoms with van der Waals surface area (Å²) < 4.78 is 5.23. The average Bonchev–Trinajstić information content (AvgIpc) is 2.74. The van der Waals surface area contributed by atoms with Gasteiger partial charge in [0.05, 0.1) is 7.11 Å². The van der Waals surface area contributed by atoms with E-state index >= 15 is 0 Å². The van der Waals surface area contributed by atoms with Crippen molar-refractivity contribution in [2.45, 2.75) is 13.3 Å². The van der Waals surface area contributed by atoms with Crippen LogP contribution in [0, 0.1) is 0 Å². The number of nitrogens with one attached hydrogen (secondary N) is 2. The number of amides is 1. The van der Waals surface area contributed by atoms with Gasteiger partial charge in [0.2, 0.25) is 0 Å². The molecule has 0 aliphatic heterocycles. The molecule has 6 nitrogen and oxygen atoms in total. The van der Waals surface area contributed by atoms with Gasteiger partial charge in [-0.25, -0.2) is 4.98 Å². The molecule has 0 saturated heterocycles. The van der Waals surface area contributed by atoms with Gasteiger partial charge in [0.25, 0.3) is 5.91 Å². The molecule has 1 heterocycles. The van der Waals surface area contributed by atoms with E-state index in [0.29, 0.717) is 29.2 Å². The third-order valence-electron chi connectivity index (χ3n) is 4.40. The number of pyridine rings is 1. The minimum absolute atomic E-state index is 0.0486. The number of anilines is 2. The van der Waals surface area contributed by atoms with Crippen molar-refractivity contribution in [1.82, 2.24) is 4.98 Å². The van der Waals surface area contributed by atoms with E-state index in [4.69, 9.17) is 4.74 Å². The van der Waals surface area contributed by atoms with Crippen LogP contribution in [0.5, 0.6) is 5.75 Å². The maximum absolute atomic E-state index is 12.5. The summed E-state index contributed by atoms with van der Waals surface area (Å²) in [6.07, 6.45) is 2.39. The Balaban J connectivity index is 1.60. The molecule has 0 atom stereocenters. The van der Waals surface area contributed by atoms with Crippen LogP contribution in [0.15, 0.2) is 66.9 Å². The molecule has 1 aromatic heterocycles. The highest BCUT2D eigenvalue weighted by molar-refractivity contribution is 6.05. The summed E-state index contributed by atoms with van der Waals surface area (Å²) in [5, 5.41) is 6.05. The van der Waals surface area contributed by atoms with Crippen molar-refractivity contribution >= 4 is 23.2 Å². The fourth-order valence-electron chi connectivity index (χ4n) is 2.85. The molecule has 0 aliphatic carbocycles. The molecule has 0 unspecified atom stereocenters. The number of Topliss-reactive ketones (excluding diaryl/α,β-unsaturated/α-hetero) is 1. The van der Waals surface area contributed by atoms with E-state index in [9.17, 15) is 9.59 Å². The third-order valence-corrected chi connectivity index (χ3v) is 4.40. The van der Waals surface area contributed by atoms with E-state index < -0.39 is 0 Å². The van der Waals surface area contributed by atoms with E-state index in [1.165, 1.54) is 6.92 Å². The van der Waals surface area contributed by atoms with Gasteiger partial charge in [-0.1, -0.05) is 24.3 Å². The Hall–Kier alpha value is -3.67. The van der Waals surface area contributed by atoms with Gasteiger partial charge in [-0.3, -0.25) is 9.59 Å². The zero-order valence-corrected chi connectivity index (χ0v) is 16.4. The van der Waals surface area contributed by atoms with Crippen molar-refractivity contribution < 1.29 is 14.3 Å². The topological polar surface area (TPSA) is 80.3 Å². The molecule has 0 aliphatic rings. The molecule has 6 heteroatoms. The van der Waals surface area contributed by atoms with Crippen molar-refractivity contribution in [3.8, 4) is 5.75 Å². The molecule has 3 aromatic rings. The van der Waals surface area contributed by atoms with Crippen LogP contribution in [-0.4, -0.2) is 30.3 Å². The Morgan fingerprint density at radius 2 is 1.83 bits per heavy atom. The normalized spacial score (nSPS) is 10.3. The first kappa shape index (κ1) is 20.1. The number of carbonyl (C=O) groups excluding carboxylic acids is 2. The smallest absolute Gasteiger partial charge is 0.255 e. The van der Waals surface area contributed by atoms with E-state index in [1.807, 2.05) is 24.3 Å². The SMILES string of the molecule is COc1cccc(CCNc2cc(C(=O)Nc3cccc(C(C)=O)c3)ccn2)c1. The van der Waals surface area contributed by atoms with E-state index in [-0.39, 0.29) is 11.7 Å². The van der Waals surface area contributed by atoms with Crippen LogP contribution >= 0.6 is 0 Å². The highest BCUT2D eigenvalue weighted by Gasteiger charge is 2.09. The molecule has 29 heavy (non-hydrogen) atoms. The number of ketones is 1. The molecule has 0 spiro atoms. The van der Waals surface area contributed by atoms with E-state index in [1.54, 1.807) is 49.7 Å². The molecule has 0 saturated carbocycles. The molecule has 0 fully saturated rings. The Morgan fingerprint density at radius 1 is 1.00 bits per heavy atom. The predicted octanol–water partition coefficient (Wildman–Crippen LogP) is 4.20. The van der Waals surface area contributed by atoms with Gasteiger partial charge in [-0.05, 0) is 55.3 Å². The Labute approximate surface area is 169 Å². The summed E-state index contributed by atoms with van der Waals surface area (Å²) in [7, 11) is 1.65. The summed E-state index contributed by atoms with van der Waals surface area (Å²) >= 11 is 0. The first-order valence-electron chi connectivity index (χ1n) is 9.30. The van der Waals surface area contributed by atoms with Crippen LogP contribution in [0.25, 0.3) is 0 Å². The molecule has 0 bridgehead atoms. The lowest BCUT2D eigenvalue weighted by Gasteiger charge is -2.09. The molecule has 2 N–H and O–H groups in total. The quantitative estimate of drug-likeness (QED) is 0.565. The van der Waals surface area contributed by atoms with Crippen molar-refractivity contribution in [2.75, 3.05) is 24.3 Å². The Morgan fingerprint density at radius 3 is 2.62 bits per heavy atom. The zero-order valence-electron chi connectivity index (χ0n) is 16.4. The molecule has 148 valence electrons. The second-order valence-electron chi connectivity index (χ2n) is 6.55. The van der Waals surface area contributed by atoms with Crippen LogP contribution in [0.2, 0.25) is 0 Å². The number of hydrogen-bond donors (Lipinski definition) is 2. The lowest BCUT2D eigenvalue weighted by molar-refractivity contribution is 0.101. The Bertz CT molecular complexity index is 1020. The molecule has 0 radical (unpaired) electrons. The number of methoxy groups -OCH3 is 1. The van der Waals surface area contributed by atoms with Crippen LogP contribution in [0.3, 0.4) is 0 Å². The summed E-state index contributed by atoms with van der Waals surface area (Å²) in [5.41, 5.74) is 2.76. The molecular formula is C23H23N3O3. The van der Waals surface area contributed by atoms with Crippen molar-refractivity contribution in [1.29, 1.82) is 0 Å². The number of nitrogens with zero attached hydrogens (tertiary/aromatic N) is 1. The fourth-order valence-corrected chi connectivity index (χ4v) is 2.85. The number of benzene rings is 2. The molecule has 3 rings (SSSR count). The van der Waals surface area contributed by atoms with Crippen LogP contribution < -0.4 is 15.4 Å². The maximum atomic E-state index is 12.5. The van der Waals surface area contributed by atoms with Crippen molar-refractivity contribution in [3.63, 3.8) is 0 Å². The maximum Gasteiger partial charge on any atom is 0.255 e. The largest absolute Gasteiger partial charge is 0.497 e. The minimum Gasteiger partial charge on any atom is -0.497 e. The van der Waals surface area contributed by atoms with Gasteiger partial charge in [0, 0.05) is 29.6 Å². The number of ether oxygens (including phenoxy) is 1. The lowest BCUT2D eigenvalue weighted by atomic mass is 10.1. The molecule has 1 amide bonds. The molecular weight excluding hydrogens is 366 g/mol. The monoisotopic (exact) mass is 389 g/mol. The Kier molecular flexibility index (Phi) is 6.58. The first-order chi connectivity index (χ1) is 14.0. The third kappa shape index (κ3) is 5.65. The van der Waals surface area contributed by atoms with Gasteiger partial charge >= 0.3 is 0 Å². The van der Waals surface area contributed by atoms with Gasteiger partial charge < -0.3 is 15.4 Å². The van der Waals surface area contributed by atoms with Gasteiger partial charge in [-0.2, -0.15) is 0 Å². The highest BCUT2D eigenvalue weighted by Crippen LogP contribution is 2.15. The first-order valence-corrected chi connectivity index (χ1v) is 9.30. The van der Waals surface area contributed by atoms with E-state index in [0.717, 1.165) is 17.7 Å². The number of hydrogen-bond acceptors (Lipinski definition) is 5. The number of aromatic nitrogens is 1. The van der Waals surface area contributed by atoms with E-state index in [2.05, 4.69) is 15.6 Å².